The van der Waals surface area contributed by atoms with Crippen LogP contribution >= 0.6 is 0 Å². The molecule has 0 aliphatic carbocycles. The molecule has 0 heterocycles. The summed E-state index contributed by atoms with van der Waals surface area (Å²) in [6.45, 7) is 33.1. The lowest BCUT2D eigenvalue weighted by Crippen LogP contribution is -2.51. The Morgan fingerprint density at radius 3 is 1.90 bits per heavy atom. The molecule has 0 radical (unpaired) electrons. The smallest absolute Gasteiger partial charge is 0.240 e. The van der Waals surface area contributed by atoms with Gasteiger partial charge in [0, 0.05) is 45.2 Å². The first-order chi connectivity index (χ1) is 26.7. The largest absolute Gasteiger partial charge is 0.399 e. The lowest BCUT2D eigenvalue weighted by atomic mass is 9.81. The summed E-state index contributed by atoms with van der Waals surface area (Å²) < 4.78 is 29.1. The summed E-state index contributed by atoms with van der Waals surface area (Å²) in [5, 5.41) is 7.16. The normalized spacial score (nSPS) is 12.9. The van der Waals surface area contributed by atoms with Crippen LogP contribution in [0.5, 0.6) is 0 Å². The number of carbonyl (C=O) groups excluding carboxylic acids is 3. The van der Waals surface area contributed by atoms with Gasteiger partial charge in [-0.3, -0.25) is 14.4 Å². The van der Waals surface area contributed by atoms with Gasteiger partial charge in [-0.25, -0.2) is 5.84 Å². The van der Waals surface area contributed by atoms with Crippen LogP contribution in [0.25, 0.3) is 0 Å². The van der Waals surface area contributed by atoms with Gasteiger partial charge in [0.25, 0.3) is 0 Å². The predicted molar refractivity (Wildman–Crippen MR) is 236 cm³/mol. The fourth-order valence-corrected chi connectivity index (χ4v) is 6.27. The molecule has 0 saturated heterocycles. The first-order valence-corrected chi connectivity index (χ1v) is 21.5. The molecule has 58 heavy (non-hydrogen) atoms. The van der Waals surface area contributed by atoms with Gasteiger partial charge in [0.1, 0.15) is 13.1 Å². The van der Waals surface area contributed by atoms with Crippen LogP contribution in [0.3, 0.4) is 0 Å². The number of nitrogens with one attached hydrogen (secondary N) is 2. The van der Waals surface area contributed by atoms with Gasteiger partial charge in [0.2, 0.25) is 17.7 Å². The Bertz CT molecular complexity index is 1170. The standard InChI is InChI=1S/C42H84N6O8.C2H6/c1-15-17-40(8,9)54-23-16-37(51)47(30-36(50)46-39(6,7)19-26-55-41(10,11)20-24-52-14)29-35(49)45-21-22-48(44)28-34(43)31-53-32-42(12,13)56-25-18-38(4,5)27-33(2)3;1-2/h28,33H,15-27,29-32,43-44H2,1-14H3,(H,45,49)(H,46,50);1-2H3/b34-28-;. The van der Waals surface area contributed by atoms with Crippen molar-refractivity contribution < 1.29 is 38.1 Å². The summed E-state index contributed by atoms with van der Waals surface area (Å²) in [5.41, 5.74) is 4.96. The maximum absolute atomic E-state index is 13.4. The van der Waals surface area contributed by atoms with Gasteiger partial charge in [-0.2, -0.15) is 0 Å². The lowest BCUT2D eigenvalue weighted by molar-refractivity contribution is -0.141. The first kappa shape index (κ1) is 57.6. The fraction of sp³-hybridized carbons (Fsp3) is 0.886. The van der Waals surface area contributed by atoms with E-state index in [1.807, 2.05) is 69.2 Å². The quantitative estimate of drug-likeness (QED) is 0.0441. The van der Waals surface area contributed by atoms with Crippen LogP contribution in [0.15, 0.2) is 11.9 Å². The van der Waals surface area contributed by atoms with E-state index in [0.29, 0.717) is 44.5 Å². The highest BCUT2D eigenvalue weighted by Crippen LogP contribution is 2.29. The Morgan fingerprint density at radius 1 is 0.759 bits per heavy atom. The Hall–Kier alpha value is -2.49. The summed E-state index contributed by atoms with van der Waals surface area (Å²) in [4.78, 5) is 40.9. The molecule has 0 atom stereocenters. The van der Waals surface area contributed by atoms with Gasteiger partial charge in [-0.1, -0.05) is 54.9 Å². The first-order valence-electron chi connectivity index (χ1n) is 21.5. The van der Waals surface area contributed by atoms with E-state index in [2.05, 4.69) is 45.3 Å². The second-order valence-electron chi connectivity index (χ2n) is 18.8. The van der Waals surface area contributed by atoms with Crippen LogP contribution in [0.1, 0.15) is 149 Å². The zero-order chi connectivity index (χ0) is 45.2. The highest BCUT2D eigenvalue weighted by Gasteiger charge is 2.28. The summed E-state index contributed by atoms with van der Waals surface area (Å²) in [6, 6.07) is 0. The van der Waals surface area contributed by atoms with Crippen molar-refractivity contribution in [1.82, 2.24) is 20.5 Å². The summed E-state index contributed by atoms with van der Waals surface area (Å²) >= 11 is 0. The van der Waals surface area contributed by atoms with Gasteiger partial charge in [0.15, 0.2) is 0 Å². The van der Waals surface area contributed by atoms with Crippen LogP contribution in [-0.4, -0.2) is 123 Å². The Morgan fingerprint density at radius 2 is 1.31 bits per heavy atom. The Balaban J connectivity index is 0. The molecule has 0 aromatic rings. The number of hydrazine groups is 1. The maximum Gasteiger partial charge on any atom is 0.240 e. The molecule has 14 heteroatoms. The molecular formula is C44H90N6O8. The van der Waals surface area contributed by atoms with E-state index in [1.54, 1.807) is 13.3 Å². The van der Waals surface area contributed by atoms with Crippen molar-refractivity contribution in [3.63, 3.8) is 0 Å². The minimum absolute atomic E-state index is 0.0317. The van der Waals surface area contributed by atoms with Crippen molar-refractivity contribution in [2.24, 2.45) is 22.9 Å². The molecule has 0 saturated carbocycles. The van der Waals surface area contributed by atoms with E-state index in [-0.39, 0.29) is 74.2 Å². The van der Waals surface area contributed by atoms with Crippen LogP contribution in [0, 0.1) is 11.3 Å². The minimum atomic E-state index is -0.613. The highest BCUT2D eigenvalue weighted by molar-refractivity contribution is 5.89. The molecule has 14 nitrogen and oxygen atoms in total. The number of rotatable bonds is 32. The summed E-state index contributed by atoms with van der Waals surface area (Å²) in [6.07, 6.45) is 6.78. The number of hydrogen-bond donors (Lipinski definition) is 4. The molecule has 0 aromatic carbocycles. The molecule has 0 unspecified atom stereocenters. The van der Waals surface area contributed by atoms with Crippen molar-refractivity contribution in [3.8, 4) is 0 Å². The van der Waals surface area contributed by atoms with E-state index in [1.165, 1.54) is 9.91 Å². The van der Waals surface area contributed by atoms with E-state index in [0.717, 1.165) is 32.1 Å². The summed E-state index contributed by atoms with van der Waals surface area (Å²) in [7, 11) is 1.66. The maximum atomic E-state index is 13.4. The molecule has 0 spiro atoms. The van der Waals surface area contributed by atoms with E-state index >= 15 is 0 Å². The molecule has 3 amide bonds. The average Bonchev–Trinajstić information content (AvgIpc) is 3.06. The van der Waals surface area contributed by atoms with Gasteiger partial charge in [-0.15, -0.1) is 0 Å². The number of hydrogen-bond acceptors (Lipinski definition) is 11. The van der Waals surface area contributed by atoms with Crippen LogP contribution in [0.4, 0.5) is 0 Å². The van der Waals surface area contributed by atoms with Crippen LogP contribution in [0.2, 0.25) is 0 Å². The highest BCUT2D eigenvalue weighted by atomic mass is 16.5. The molecule has 344 valence electrons. The van der Waals surface area contributed by atoms with Gasteiger partial charge >= 0.3 is 0 Å². The molecule has 0 aromatic heterocycles. The van der Waals surface area contributed by atoms with E-state index < -0.39 is 17.0 Å². The third kappa shape index (κ3) is 31.4. The third-order valence-corrected chi connectivity index (χ3v) is 9.26. The van der Waals surface area contributed by atoms with Crippen LogP contribution < -0.4 is 22.2 Å². The van der Waals surface area contributed by atoms with Crippen molar-refractivity contribution in [2.75, 3.05) is 72.9 Å². The molecular weight excluding hydrogens is 741 g/mol. The van der Waals surface area contributed by atoms with E-state index in [4.69, 9.17) is 35.3 Å². The molecule has 0 fully saturated rings. The number of methoxy groups -OCH3 is 1. The number of nitrogens with zero attached hydrogens (tertiary/aromatic N) is 2. The van der Waals surface area contributed by atoms with Crippen molar-refractivity contribution in [1.29, 1.82) is 0 Å². The van der Waals surface area contributed by atoms with Crippen molar-refractivity contribution in [3.05, 3.63) is 11.9 Å². The molecule has 0 rings (SSSR count). The zero-order valence-electron chi connectivity index (χ0n) is 40.0. The second-order valence-corrected chi connectivity index (χ2v) is 18.8. The Kier molecular flexibility index (Phi) is 28.7. The topological polar surface area (TPSA) is 180 Å². The monoisotopic (exact) mass is 831 g/mol. The molecule has 0 bridgehead atoms. The number of carbonyl (C=O) groups is 3. The van der Waals surface area contributed by atoms with E-state index in [9.17, 15) is 14.4 Å². The van der Waals surface area contributed by atoms with Gasteiger partial charge < -0.3 is 50.0 Å². The molecule has 0 aliphatic rings. The van der Waals surface area contributed by atoms with Crippen molar-refractivity contribution >= 4 is 17.7 Å². The second kappa shape index (κ2) is 28.9. The summed E-state index contributed by atoms with van der Waals surface area (Å²) in [5.74, 6) is 5.60. The third-order valence-electron chi connectivity index (χ3n) is 9.26. The number of amides is 3. The van der Waals surface area contributed by atoms with Crippen LogP contribution in [-0.2, 0) is 38.1 Å². The molecule has 0 aliphatic heterocycles. The van der Waals surface area contributed by atoms with Gasteiger partial charge in [0.05, 0.1) is 55.3 Å². The van der Waals surface area contributed by atoms with Gasteiger partial charge in [-0.05, 0) is 98.8 Å². The molecule has 6 N–H and O–H groups in total. The SMILES string of the molecule is CC.CCCC(C)(C)OCCC(=O)N(CC(=O)NCCN(N)/C=C(\N)COCC(C)(C)OCCC(C)(C)CC(C)C)CC(=O)NC(C)(C)CCOC(C)(C)CCOC. The van der Waals surface area contributed by atoms with Crippen molar-refractivity contribution in [2.45, 2.75) is 171 Å². The lowest BCUT2D eigenvalue weighted by Gasteiger charge is -2.31. The number of ether oxygens (including phenoxy) is 5. The average molecular weight is 831 g/mol. The zero-order valence-corrected chi connectivity index (χ0v) is 40.0. The predicted octanol–water partition coefficient (Wildman–Crippen LogP) is 6.31. The minimum Gasteiger partial charge on any atom is -0.399 e. The Labute approximate surface area is 354 Å². The number of nitrogens with two attached hydrogens (primary N) is 2. The fourth-order valence-electron chi connectivity index (χ4n) is 6.27.